The molecule has 4 rings (SSSR count). The van der Waals surface area contributed by atoms with Gasteiger partial charge in [-0.25, -0.2) is 26.3 Å². The van der Waals surface area contributed by atoms with E-state index >= 15 is 30.7 Å². The highest BCUT2D eigenvalue weighted by atomic mass is 19.3. The molecule has 2 atom stereocenters. The molecule has 61 heavy (non-hydrogen) atoms. The van der Waals surface area contributed by atoms with E-state index in [0.717, 1.165) is 61.4 Å². The summed E-state index contributed by atoms with van der Waals surface area (Å²) in [5.41, 5.74) is -2.61. The van der Waals surface area contributed by atoms with E-state index in [1.165, 1.54) is 18.2 Å². The molecule has 0 radical (unpaired) electrons. The van der Waals surface area contributed by atoms with Crippen LogP contribution in [0.2, 0.25) is 0 Å². The van der Waals surface area contributed by atoms with Gasteiger partial charge in [-0.3, -0.25) is 4.74 Å². The fourth-order valence-electron chi connectivity index (χ4n) is 7.19. The fourth-order valence-corrected chi connectivity index (χ4v) is 7.19. The molecule has 0 fully saturated rings. The van der Waals surface area contributed by atoms with Crippen molar-refractivity contribution in [3.63, 3.8) is 0 Å². The largest absolute Gasteiger partial charge is 0.493 e. The maximum absolute atomic E-state index is 17.0. The van der Waals surface area contributed by atoms with Crippen molar-refractivity contribution in [2.24, 2.45) is 0 Å². The van der Waals surface area contributed by atoms with Crippen LogP contribution in [0.1, 0.15) is 80.2 Å². The summed E-state index contributed by atoms with van der Waals surface area (Å²) in [5, 5.41) is 0. The van der Waals surface area contributed by atoms with Gasteiger partial charge < -0.3 is 9.47 Å². The molecule has 0 aliphatic rings. The maximum atomic E-state index is 17.0. The highest BCUT2D eigenvalue weighted by Gasteiger charge is 2.46. The summed E-state index contributed by atoms with van der Waals surface area (Å²) in [6, 6.07) is 8.04. The van der Waals surface area contributed by atoms with Crippen LogP contribution >= 0.6 is 0 Å². The molecule has 0 aromatic heterocycles. The Hall–Kier alpha value is -5.49. The third-order valence-corrected chi connectivity index (χ3v) is 9.63. The molecule has 0 bridgehead atoms. The number of halogens is 9. The number of allylic oxidation sites excluding steroid dienone is 2. The van der Waals surface area contributed by atoms with Crippen LogP contribution in [0.15, 0.2) is 112 Å². The molecule has 0 saturated carbocycles. The molecule has 0 spiro atoms. The van der Waals surface area contributed by atoms with Crippen LogP contribution in [0.5, 0.6) is 11.5 Å². The van der Waals surface area contributed by atoms with E-state index in [9.17, 15) is 8.78 Å². The lowest BCUT2D eigenvalue weighted by Gasteiger charge is -2.31. The molecule has 12 heteroatoms. The normalized spacial score (nSPS) is 13.5. The number of hydrogen-bond acceptors (Lipinski definition) is 3. The van der Waals surface area contributed by atoms with Gasteiger partial charge in [0.15, 0.2) is 0 Å². The Morgan fingerprint density at radius 2 is 1.03 bits per heavy atom. The van der Waals surface area contributed by atoms with Crippen LogP contribution in [-0.4, -0.2) is 12.7 Å². The second-order valence-corrected chi connectivity index (χ2v) is 14.4. The summed E-state index contributed by atoms with van der Waals surface area (Å²) in [7, 11) is 0. The minimum absolute atomic E-state index is 0.0198. The summed E-state index contributed by atoms with van der Waals surface area (Å²) in [4.78, 5) is 0. The first-order valence-electron chi connectivity index (χ1n) is 19.7. The quantitative estimate of drug-likeness (QED) is 0.0399. The van der Waals surface area contributed by atoms with Crippen molar-refractivity contribution in [3.05, 3.63) is 169 Å². The Labute approximate surface area is 351 Å². The van der Waals surface area contributed by atoms with Gasteiger partial charge in [0, 0.05) is 36.1 Å². The van der Waals surface area contributed by atoms with Crippen LogP contribution in [-0.2, 0) is 35.7 Å². The van der Waals surface area contributed by atoms with Crippen molar-refractivity contribution in [2.45, 2.75) is 89.5 Å². The van der Waals surface area contributed by atoms with Crippen molar-refractivity contribution in [1.29, 1.82) is 0 Å². The molecule has 3 nitrogen and oxygen atoms in total. The van der Waals surface area contributed by atoms with E-state index in [4.69, 9.17) is 9.47 Å². The molecule has 0 amide bonds. The first kappa shape index (κ1) is 48.2. The summed E-state index contributed by atoms with van der Waals surface area (Å²) >= 11 is 0. The van der Waals surface area contributed by atoms with E-state index in [-0.39, 0.29) is 52.0 Å². The molecule has 0 aliphatic carbocycles. The SMILES string of the molecule is C=CCc1cc(OC(F)(CC=C)c2c(F)cc(-c3c(F)cc(OCCCC)cc3CCC)cc2F)cc(F)c1-c1cc(F)c(C(F)(CC=C)OC(F)(F)CC=C)c(CC=C)c1. The number of unbranched alkanes of at least 4 members (excludes halogenated alkanes) is 1. The molecular weight excluding hydrogens is 808 g/mol. The average molecular weight is 857 g/mol. The molecule has 0 N–H and O–H groups in total. The summed E-state index contributed by atoms with van der Waals surface area (Å²) in [5.74, 6) is -13.2. The van der Waals surface area contributed by atoms with Gasteiger partial charge in [-0.2, -0.15) is 13.2 Å². The second kappa shape index (κ2) is 20.9. The van der Waals surface area contributed by atoms with Gasteiger partial charge >= 0.3 is 6.11 Å². The van der Waals surface area contributed by atoms with Gasteiger partial charge in [0.25, 0.3) is 5.85 Å². The van der Waals surface area contributed by atoms with Gasteiger partial charge in [0.1, 0.15) is 40.6 Å². The Morgan fingerprint density at radius 1 is 0.525 bits per heavy atom. The fraction of sp³-hybridized carbons (Fsp3) is 0.306. The maximum Gasteiger partial charge on any atom is 0.362 e. The molecule has 0 saturated heterocycles. The lowest BCUT2D eigenvalue weighted by Crippen LogP contribution is -2.35. The predicted octanol–water partition coefficient (Wildman–Crippen LogP) is 15.0. The van der Waals surface area contributed by atoms with Crippen molar-refractivity contribution in [1.82, 2.24) is 0 Å². The van der Waals surface area contributed by atoms with Crippen molar-refractivity contribution < 1.29 is 53.7 Å². The molecular formula is C49H49F9O3. The molecule has 326 valence electrons. The number of aryl methyl sites for hydroxylation is 1. The minimum atomic E-state index is -4.09. The van der Waals surface area contributed by atoms with Crippen molar-refractivity contribution in [2.75, 3.05) is 6.61 Å². The number of hydrogen-bond donors (Lipinski definition) is 0. The highest BCUT2D eigenvalue weighted by Crippen LogP contribution is 2.45. The zero-order chi connectivity index (χ0) is 45.1. The van der Waals surface area contributed by atoms with E-state index in [1.807, 2.05) is 13.8 Å². The predicted molar refractivity (Wildman–Crippen MR) is 222 cm³/mol. The summed E-state index contributed by atoms with van der Waals surface area (Å²) in [6.45, 7) is 21.5. The van der Waals surface area contributed by atoms with Crippen LogP contribution in [0.4, 0.5) is 39.5 Å². The van der Waals surface area contributed by atoms with Crippen LogP contribution < -0.4 is 9.47 Å². The van der Waals surface area contributed by atoms with Gasteiger partial charge in [-0.15, -0.1) is 32.9 Å². The Bertz CT molecular complexity index is 2230. The second-order valence-electron chi connectivity index (χ2n) is 14.4. The van der Waals surface area contributed by atoms with Crippen molar-refractivity contribution >= 4 is 0 Å². The zero-order valence-corrected chi connectivity index (χ0v) is 34.2. The lowest BCUT2D eigenvalue weighted by molar-refractivity contribution is -0.335. The summed E-state index contributed by atoms with van der Waals surface area (Å²) in [6.07, 6.45) is 0.507. The van der Waals surface area contributed by atoms with E-state index in [1.54, 1.807) is 6.07 Å². The smallest absolute Gasteiger partial charge is 0.362 e. The molecule has 4 aromatic rings. The van der Waals surface area contributed by atoms with E-state index in [2.05, 4.69) is 37.6 Å². The zero-order valence-electron chi connectivity index (χ0n) is 34.2. The number of rotatable bonds is 24. The molecule has 0 heterocycles. The van der Waals surface area contributed by atoms with Gasteiger partial charge in [-0.05, 0) is 83.8 Å². The van der Waals surface area contributed by atoms with E-state index < -0.39 is 83.0 Å². The third-order valence-electron chi connectivity index (χ3n) is 9.63. The number of benzene rings is 4. The first-order chi connectivity index (χ1) is 28.9. The monoisotopic (exact) mass is 856 g/mol. The third kappa shape index (κ3) is 11.3. The van der Waals surface area contributed by atoms with Gasteiger partial charge in [0.2, 0.25) is 5.85 Å². The minimum Gasteiger partial charge on any atom is -0.493 e. The van der Waals surface area contributed by atoms with Gasteiger partial charge in [-0.1, -0.05) is 63.1 Å². The molecule has 0 aliphatic heterocycles. The first-order valence-corrected chi connectivity index (χ1v) is 19.7. The van der Waals surface area contributed by atoms with Crippen LogP contribution in [0, 0.1) is 29.1 Å². The Morgan fingerprint density at radius 3 is 1.59 bits per heavy atom. The summed E-state index contributed by atoms with van der Waals surface area (Å²) < 4.78 is 159. The topological polar surface area (TPSA) is 27.7 Å². The van der Waals surface area contributed by atoms with Crippen LogP contribution in [0.3, 0.4) is 0 Å². The van der Waals surface area contributed by atoms with Gasteiger partial charge in [0.05, 0.1) is 24.2 Å². The Balaban J connectivity index is 1.83. The van der Waals surface area contributed by atoms with E-state index in [0.29, 0.717) is 31.1 Å². The van der Waals surface area contributed by atoms with Crippen molar-refractivity contribution in [3.8, 4) is 33.8 Å². The molecule has 2 unspecified atom stereocenters. The molecule has 4 aromatic carbocycles. The van der Waals surface area contributed by atoms with Crippen LogP contribution in [0.25, 0.3) is 22.3 Å². The number of alkyl halides is 4. The lowest BCUT2D eigenvalue weighted by atomic mass is 9.89. The average Bonchev–Trinajstić information content (AvgIpc) is 3.14. The standard InChI is InChI=1S/C49H49F9O3/c1-8-15-22-59-36-24-31(16-9-2)44(38(50)29-36)35-27-41(53)46(42(54)28-35)47(55,19-12-5)60-37-25-32(17-10-3)43(39(51)30-37)34-23-33(18-11-4)45(40(52)26-34)48(56,20-13-6)61-49(57,58)21-14-7/h10-14,23-30H,3-9,15-22H2,1-2H3. The highest BCUT2D eigenvalue weighted by molar-refractivity contribution is 5.72. The number of ether oxygens (including phenoxy) is 3. The Kier molecular flexibility index (Phi) is 16.5.